The fourth-order valence-corrected chi connectivity index (χ4v) is 1.41. The van der Waals surface area contributed by atoms with Crippen LogP contribution in [-0.4, -0.2) is 49.0 Å². The van der Waals surface area contributed by atoms with E-state index in [-0.39, 0.29) is 0 Å². The molecule has 0 fully saturated rings. The maximum atomic E-state index is 9.36. The van der Waals surface area contributed by atoms with Crippen LogP contribution in [0.15, 0.2) is 0 Å². The van der Waals surface area contributed by atoms with E-state index < -0.39 is 6.10 Å². The van der Waals surface area contributed by atoms with E-state index >= 15 is 0 Å². The normalized spacial score (nSPS) is 12.4. The Hall–Kier alpha value is -0.210. The van der Waals surface area contributed by atoms with E-state index in [1.54, 1.807) is 11.8 Å². The van der Waals surface area contributed by atoms with Crippen LogP contribution in [0.3, 0.4) is 0 Å². The van der Waals surface area contributed by atoms with Crippen LogP contribution in [0.4, 0.5) is 0 Å². The van der Waals surface area contributed by atoms with Crippen molar-refractivity contribution < 1.29 is 9.84 Å². The Morgan fingerprint density at radius 3 is 3.07 bits per heavy atom. The molecule has 0 aromatic rings. The molecule has 82 valence electrons. The maximum absolute atomic E-state index is 9.36. The summed E-state index contributed by atoms with van der Waals surface area (Å²) < 4.78 is 5.07. The van der Waals surface area contributed by atoms with Crippen molar-refractivity contribution in [2.75, 3.05) is 37.8 Å². The van der Waals surface area contributed by atoms with Gasteiger partial charge in [-0.25, -0.2) is 0 Å². The van der Waals surface area contributed by atoms with E-state index in [0.29, 0.717) is 19.8 Å². The lowest BCUT2D eigenvalue weighted by atomic mass is 10.4. The van der Waals surface area contributed by atoms with Crippen molar-refractivity contribution in [3.63, 3.8) is 0 Å². The average molecular weight is 217 g/mol. The summed E-state index contributed by atoms with van der Waals surface area (Å²) in [5.74, 6) is 4.29. The van der Waals surface area contributed by atoms with Crippen LogP contribution in [0.5, 0.6) is 0 Å². The van der Waals surface area contributed by atoms with E-state index in [1.807, 2.05) is 6.92 Å². The lowest BCUT2D eigenvalue weighted by Gasteiger charge is -2.10. The second kappa shape index (κ2) is 10.9. The molecule has 14 heavy (non-hydrogen) atoms. The Labute approximate surface area is 90.6 Å². The van der Waals surface area contributed by atoms with Gasteiger partial charge in [0.25, 0.3) is 0 Å². The van der Waals surface area contributed by atoms with Gasteiger partial charge < -0.3 is 15.2 Å². The Morgan fingerprint density at radius 2 is 2.43 bits per heavy atom. The van der Waals surface area contributed by atoms with Gasteiger partial charge in [-0.05, 0) is 6.92 Å². The molecule has 3 nitrogen and oxygen atoms in total. The second-order valence-electron chi connectivity index (χ2n) is 2.77. The lowest BCUT2D eigenvalue weighted by molar-refractivity contribution is 0.0432. The van der Waals surface area contributed by atoms with Gasteiger partial charge in [-0.15, -0.1) is 18.2 Å². The summed E-state index contributed by atoms with van der Waals surface area (Å²) in [7, 11) is 0. The van der Waals surface area contributed by atoms with Gasteiger partial charge in [0.05, 0.1) is 18.5 Å². The third kappa shape index (κ3) is 9.87. The van der Waals surface area contributed by atoms with Gasteiger partial charge in [-0.2, -0.15) is 0 Å². The maximum Gasteiger partial charge on any atom is 0.0897 e. The SMILES string of the molecule is C#CCSCCNCC(O)COCC. The molecule has 0 spiro atoms. The Balaban J connectivity index is 3.07. The molecular weight excluding hydrogens is 198 g/mol. The third-order valence-electron chi connectivity index (χ3n) is 1.50. The molecule has 0 radical (unpaired) electrons. The molecule has 0 aliphatic heterocycles. The molecule has 0 rings (SSSR count). The molecule has 0 aliphatic carbocycles. The van der Waals surface area contributed by atoms with Crippen molar-refractivity contribution in [2.45, 2.75) is 13.0 Å². The van der Waals surface area contributed by atoms with Crippen LogP contribution >= 0.6 is 11.8 Å². The van der Waals surface area contributed by atoms with E-state index in [0.717, 1.165) is 18.1 Å². The molecular formula is C10H19NO2S. The average Bonchev–Trinajstić information content (AvgIpc) is 2.20. The van der Waals surface area contributed by atoms with Gasteiger partial charge in [-0.1, -0.05) is 5.92 Å². The van der Waals surface area contributed by atoms with Crippen LogP contribution in [0.1, 0.15) is 6.92 Å². The number of aliphatic hydroxyl groups excluding tert-OH is 1. The molecule has 0 aromatic heterocycles. The lowest BCUT2D eigenvalue weighted by Crippen LogP contribution is -2.31. The minimum Gasteiger partial charge on any atom is -0.389 e. The highest BCUT2D eigenvalue weighted by atomic mass is 32.2. The zero-order valence-electron chi connectivity index (χ0n) is 8.66. The molecule has 0 heterocycles. The first-order valence-electron chi connectivity index (χ1n) is 4.79. The highest BCUT2D eigenvalue weighted by Gasteiger charge is 2.01. The number of hydrogen-bond acceptors (Lipinski definition) is 4. The molecule has 2 N–H and O–H groups in total. The highest BCUT2D eigenvalue weighted by molar-refractivity contribution is 7.99. The first-order valence-corrected chi connectivity index (χ1v) is 5.94. The fraction of sp³-hybridized carbons (Fsp3) is 0.800. The summed E-state index contributed by atoms with van der Waals surface area (Å²) in [4.78, 5) is 0. The van der Waals surface area contributed by atoms with Crippen molar-refractivity contribution in [3.05, 3.63) is 0 Å². The van der Waals surface area contributed by atoms with E-state index in [1.165, 1.54) is 0 Å². The van der Waals surface area contributed by atoms with Crippen LogP contribution in [0, 0.1) is 12.3 Å². The van der Waals surface area contributed by atoms with Crippen molar-refractivity contribution in [2.24, 2.45) is 0 Å². The number of terminal acetylenes is 1. The summed E-state index contributed by atoms with van der Waals surface area (Å²) in [5.41, 5.74) is 0. The summed E-state index contributed by atoms with van der Waals surface area (Å²) in [6.07, 6.45) is 4.69. The molecule has 0 aliphatic rings. The van der Waals surface area contributed by atoms with Crippen molar-refractivity contribution >= 4 is 11.8 Å². The smallest absolute Gasteiger partial charge is 0.0897 e. The summed E-state index contributed by atoms with van der Waals surface area (Å²) in [6.45, 7) is 4.42. The predicted molar refractivity (Wildman–Crippen MR) is 61.5 cm³/mol. The van der Waals surface area contributed by atoms with Gasteiger partial charge in [0.1, 0.15) is 0 Å². The van der Waals surface area contributed by atoms with Crippen molar-refractivity contribution in [1.82, 2.24) is 5.32 Å². The van der Waals surface area contributed by atoms with Crippen molar-refractivity contribution in [1.29, 1.82) is 0 Å². The standard InChI is InChI=1S/C10H19NO2S/c1-3-6-14-7-5-11-8-10(12)9-13-4-2/h1,10-12H,4-9H2,2H3. The van der Waals surface area contributed by atoms with Crippen molar-refractivity contribution in [3.8, 4) is 12.3 Å². The minimum absolute atomic E-state index is 0.404. The van der Waals surface area contributed by atoms with Crippen LogP contribution in [0.25, 0.3) is 0 Å². The zero-order valence-corrected chi connectivity index (χ0v) is 9.48. The largest absolute Gasteiger partial charge is 0.389 e. The van der Waals surface area contributed by atoms with Gasteiger partial charge in [0.2, 0.25) is 0 Å². The monoisotopic (exact) mass is 217 g/mol. The quantitative estimate of drug-likeness (QED) is 0.432. The zero-order chi connectivity index (χ0) is 10.6. The number of rotatable bonds is 9. The molecule has 0 saturated carbocycles. The Bertz CT molecular complexity index is 159. The van der Waals surface area contributed by atoms with Gasteiger partial charge in [0.15, 0.2) is 0 Å². The summed E-state index contributed by atoms with van der Waals surface area (Å²) >= 11 is 1.71. The van der Waals surface area contributed by atoms with Gasteiger partial charge in [0, 0.05) is 25.4 Å². The third-order valence-corrected chi connectivity index (χ3v) is 2.37. The fourth-order valence-electron chi connectivity index (χ4n) is 0.857. The molecule has 0 amide bonds. The number of aliphatic hydroxyl groups is 1. The van der Waals surface area contributed by atoms with Gasteiger partial charge >= 0.3 is 0 Å². The van der Waals surface area contributed by atoms with Crippen LogP contribution in [0.2, 0.25) is 0 Å². The Kier molecular flexibility index (Phi) is 10.7. The predicted octanol–water partition coefficient (Wildman–Crippen LogP) is 0.340. The molecule has 0 aromatic carbocycles. The number of ether oxygens (including phenoxy) is 1. The van der Waals surface area contributed by atoms with Crippen LogP contribution in [-0.2, 0) is 4.74 Å². The summed E-state index contributed by atoms with van der Waals surface area (Å²) in [6, 6.07) is 0. The topological polar surface area (TPSA) is 41.5 Å². The molecule has 1 atom stereocenters. The Morgan fingerprint density at radius 1 is 1.64 bits per heavy atom. The van der Waals surface area contributed by atoms with Gasteiger partial charge in [-0.3, -0.25) is 0 Å². The molecule has 0 bridgehead atoms. The second-order valence-corrected chi connectivity index (χ2v) is 3.88. The number of hydrogen-bond donors (Lipinski definition) is 2. The summed E-state index contributed by atoms with van der Waals surface area (Å²) in [5, 5.41) is 12.5. The van der Waals surface area contributed by atoms with E-state index in [9.17, 15) is 5.11 Å². The van der Waals surface area contributed by atoms with E-state index in [4.69, 9.17) is 11.2 Å². The van der Waals surface area contributed by atoms with Crippen LogP contribution < -0.4 is 5.32 Å². The number of thioether (sulfide) groups is 1. The minimum atomic E-state index is -0.410. The first kappa shape index (κ1) is 13.8. The molecule has 0 saturated heterocycles. The van der Waals surface area contributed by atoms with E-state index in [2.05, 4.69) is 11.2 Å². The number of nitrogens with one attached hydrogen (secondary N) is 1. The highest BCUT2D eigenvalue weighted by Crippen LogP contribution is 1.95. The first-order chi connectivity index (χ1) is 6.81. The molecule has 4 heteroatoms. The molecule has 1 unspecified atom stereocenters.